The number of aryl methyl sites for hydroxylation is 1. The summed E-state index contributed by atoms with van der Waals surface area (Å²) in [6.07, 6.45) is 0. The van der Waals surface area contributed by atoms with Crippen LogP contribution in [0.2, 0.25) is 0 Å². The van der Waals surface area contributed by atoms with Gasteiger partial charge >= 0.3 is 0 Å². The third-order valence-corrected chi connectivity index (χ3v) is 2.54. The number of hydrogen-bond acceptors (Lipinski definition) is 2. The molecule has 0 radical (unpaired) electrons. The Hall–Kier alpha value is -1.15. The van der Waals surface area contributed by atoms with Crippen LogP contribution in [0.5, 0.6) is 0 Å². The molecule has 0 aliphatic rings. The highest BCUT2D eigenvalue weighted by Gasteiger charge is 2.16. The highest BCUT2D eigenvalue weighted by molar-refractivity contribution is 5.97. The van der Waals surface area contributed by atoms with E-state index in [1.807, 2.05) is 25.1 Å². The van der Waals surface area contributed by atoms with E-state index in [-0.39, 0.29) is 17.7 Å². The van der Waals surface area contributed by atoms with E-state index in [1.165, 1.54) is 5.56 Å². The Kier molecular flexibility index (Phi) is 3.30. The molecule has 0 heterocycles. The molecule has 0 amide bonds. The molecule has 0 spiro atoms. The van der Waals surface area contributed by atoms with E-state index in [0.29, 0.717) is 5.56 Å². The van der Waals surface area contributed by atoms with E-state index in [0.717, 1.165) is 5.56 Å². The van der Waals surface area contributed by atoms with Gasteiger partial charge in [-0.15, -0.1) is 0 Å². The first-order chi connectivity index (χ1) is 6.86. The van der Waals surface area contributed by atoms with Gasteiger partial charge in [-0.2, -0.15) is 0 Å². The molecule has 2 N–H and O–H groups in total. The van der Waals surface area contributed by atoms with E-state index in [1.54, 1.807) is 0 Å². The molecule has 0 saturated heterocycles. The molecule has 0 fully saturated rings. The Balaban J connectivity index is 3.15. The summed E-state index contributed by atoms with van der Waals surface area (Å²) < 4.78 is 0. The summed E-state index contributed by atoms with van der Waals surface area (Å²) in [6, 6.07) is 5.82. The van der Waals surface area contributed by atoms with Crippen LogP contribution < -0.4 is 5.73 Å². The zero-order chi connectivity index (χ0) is 11.6. The Labute approximate surface area is 91.5 Å². The molecule has 0 aliphatic heterocycles. The number of hydrogen-bond donors (Lipinski definition) is 1. The summed E-state index contributed by atoms with van der Waals surface area (Å²) in [5.74, 6) is -0.00133. The number of benzene rings is 1. The van der Waals surface area contributed by atoms with Crippen molar-refractivity contribution in [3.63, 3.8) is 0 Å². The lowest BCUT2D eigenvalue weighted by Gasteiger charge is -2.22. The lowest BCUT2D eigenvalue weighted by Crippen LogP contribution is -2.16. The fourth-order valence-corrected chi connectivity index (χ4v) is 1.80. The Bertz CT molecular complexity index is 375. The molecule has 15 heavy (non-hydrogen) atoms. The number of rotatable bonds is 2. The monoisotopic (exact) mass is 205 g/mol. The molecule has 1 aromatic carbocycles. The van der Waals surface area contributed by atoms with Gasteiger partial charge in [0.05, 0.1) is 6.54 Å². The lowest BCUT2D eigenvalue weighted by molar-refractivity contribution is 0.100. The van der Waals surface area contributed by atoms with Crippen LogP contribution in [0, 0.1) is 6.92 Å². The molecular weight excluding hydrogens is 186 g/mol. The first kappa shape index (κ1) is 11.9. The minimum atomic E-state index is -0.00133. The molecule has 0 aliphatic carbocycles. The number of carbonyl (C=O) groups is 1. The van der Waals surface area contributed by atoms with E-state index in [4.69, 9.17) is 5.73 Å². The minimum absolute atomic E-state index is 0.00133. The fraction of sp³-hybridized carbons (Fsp3) is 0.462. The van der Waals surface area contributed by atoms with Gasteiger partial charge in [0.15, 0.2) is 5.78 Å². The first-order valence-corrected chi connectivity index (χ1v) is 5.20. The topological polar surface area (TPSA) is 43.1 Å². The van der Waals surface area contributed by atoms with Gasteiger partial charge in [0, 0.05) is 5.56 Å². The predicted molar refractivity (Wildman–Crippen MR) is 63.3 cm³/mol. The summed E-state index contributed by atoms with van der Waals surface area (Å²) in [7, 11) is 0. The fourth-order valence-electron chi connectivity index (χ4n) is 1.80. The van der Waals surface area contributed by atoms with Gasteiger partial charge in [-0.25, -0.2) is 0 Å². The maximum absolute atomic E-state index is 11.4. The van der Waals surface area contributed by atoms with Crippen molar-refractivity contribution in [1.29, 1.82) is 0 Å². The van der Waals surface area contributed by atoms with Gasteiger partial charge in [0.1, 0.15) is 0 Å². The molecule has 1 aromatic rings. The van der Waals surface area contributed by atoms with E-state index in [9.17, 15) is 4.79 Å². The average molecular weight is 205 g/mol. The highest BCUT2D eigenvalue weighted by atomic mass is 16.1. The van der Waals surface area contributed by atoms with Crippen LogP contribution in [0.4, 0.5) is 0 Å². The Morgan fingerprint density at radius 3 is 2.33 bits per heavy atom. The summed E-state index contributed by atoms with van der Waals surface area (Å²) in [5.41, 5.74) is 8.59. The van der Waals surface area contributed by atoms with Crippen molar-refractivity contribution in [2.75, 3.05) is 6.54 Å². The normalized spacial score (nSPS) is 11.5. The van der Waals surface area contributed by atoms with E-state index < -0.39 is 0 Å². The minimum Gasteiger partial charge on any atom is -0.324 e. The molecule has 2 nitrogen and oxygen atoms in total. The van der Waals surface area contributed by atoms with Gasteiger partial charge in [0.25, 0.3) is 0 Å². The highest BCUT2D eigenvalue weighted by Crippen LogP contribution is 2.26. The first-order valence-electron chi connectivity index (χ1n) is 5.20. The van der Waals surface area contributed by atoms with Crippen LogP contribution in [0.1, 0.15) is 42.3 Å². The standard InChI is InChI=1S/C13H19NO/c1-9-7-10(12(15)8-14)5-6-11(9)13(2,3)4/h5-7H,8,14H2,1-4H3. The second-order valence-electron chi connectivity index (χ2n) is 4.91. The second kappa shape index (κ2) is 4.15. The molecule has 82 valence electrons. The Morgan fingerprint density at radius 1 is 1.33 bits per heavy atom. The average Bonchev–Trinajstić information content (AvgIpc) is 2.14. The van der Waals surface area contributed by atoms with Crippen LogP contribution in [0.15, 0.2) is 18.2 Å². The smallest absolute Gasteiger partial charge is 0.176 e. The van der Waals surface area contributed by atoms with Gasteiger partial charge in [-0.05, 0) is 29.5 Å². The molecular formula is C13H19NO. The van der Waals surface area contributed by atoms with Crippen molar-refractivity contribution in [2.45, 2.75) is 33.1 Å². The van der Waals surface area contributed by atoms with Crippen molar-refractivity contribution >= 4 is 5.78 Å². The predicted octanol–water partition coefficient (Wildman–Crippen LogP) is 2.43. The summed E-state index contributed by atoms with van der Waals surface area (Å²) in [6.45, 7) is 8.61. The second-order valence-corrected chi connectivity index (χ2v) is 4.91. The van der Waals surface area contributed by atoms with Gasteiger partial charge < -0.3 is 5.73 Å². The van der Waals surface area contributed by atoms with Crippen molar-refractivity contribution in [3.8, 4) is 0 Å². The van der Waals surface area contributed by atoms with Gasteiger partial charge in [-0.3, -0.25) is 4.79 Å². The summed E-state index contributed by atoms with van der Waals surface area (Å²) in [5, 5.41) is 0. The number of carbonyl (C=O) groups excluding carboxylic acids is 1. The van der Waals surface area contributed by atoms with Gasteiger partial charge in [-0.1, -0.05) is 32.9 Å². The third-order valence-electron chi connectivity index (χ3n) is 2.54. The number of nitrogens with two attached hydrogens (primary N) is 1. The van der Waals surface area contributed by atoms with Crippen molar-refractivity contribution in [1.82, 2.24) is 0 Å². The van der Waals surface area contributed by atoms with E-state index in [2.05, 4.69) is 20.8 Å². The maximum atomic E-state index is 11.4. The molecule has 0 unspecified atom stereocenters. The molecule has 0 aromatic heterocycles. The maximum Gasteiger partial charge on any atom is 0.176 e. The summed E-state index contributed by atoms with van der Waals surface area (Å²) in [4.78, 5) is 11.4. The van der Waals surface area contributed by atoms with E-state index >= 15 is 0 Å². The molecule has 0 saturated carbocycles. The van der Waals surface area contributed by atoms with Crippen LogP contribution in [0.3, 0.4) is 0 Å². The third kappa shape index (κ3) is 2.66. The molecule has 0 bridgehead atoms. The quantitative estimate of drug-likeness (QED) is 0.753. The SMILES string of the molecule is Cc1cc(C(=O)CN)ccc1C(C)(C)C. The van der Waals surface area contributed by atoms with Crippen LogP contribution in [-0.2, 0) is 5.41 Å². The molecule has 0 atom stereocenters. The molecule has 1 rings (SSSR count). The lowest BCUT2D eigenvalue weighted by atomic mass is 9.83. The number of Topliss-reactive ketones (excluding diaryl/α,β-unsaturated/α-hetero) is 1. The van der Waals surface area contributed by atoms with Crippen molar-refractivity contribution in [2.24, 2.45) is 5.73 Å². The number of ketones is 1. The van der Waals surface area contributed by atoms with Crippen LogP contribution >= 0.6 is 0 Å². The largest absolute Gasteiger partial charge is 0.324 e. The van der Waals surface area contributed by atoms with Crippen molar-refractivity contribution in [3.05, 3.63) is 34.9 Å². The zero-order valence-electron chi connectivity index (χ0n) is 9.92. The van der Waals surface area contributed by atoms with Crippen LogP contribution in [-0.4, -0.2) is 12.3 Å². The molecule has 2 heteroatoms. The van der Waals surface area contributed by atoms with Crippen molar-refractivity contribution < 1.29 is 4.79 Å². The van der Waals surface area contributed by atoms with Crippen LogP contribution in [0.25, 0.3) is 0 Å². The Morgan fingerprint density at radius 2 is 1.93 bits per heavy atom. The summed E-state index contributed by atoms with van der Waals surface area (Å²) >= 11 is 0. The zero-order valence-corrected chi connectivity index (χ0v) is 9.92. The van der Waals surface area contributed by atoms with Gasteiger partial charge in [0.2, 0.25) is 0 Å².